The minimum absolute atomic E-state index is 0.0470. The highest BCUT2D eigenvalue weighted by atomic mass is 32.1. The van der Waals surface area contributed by atoms with Crippen LogP contribution in [0, 0.1) is 0 Å². The molecule has 0 spiro atoms. The Kier molecular flexibility index (Phi) is 8.56. The predicted molar refractivity (Wildman–Crippen MR) is 74.3 cm³/mol. The van der Waals surface area contributed by atoms with Gasteiger partial charge in [0.05, 0.1) is 12.6 Å². The molecular formula is C9H17N3O5S2. The molecule has 19 heavy (non-hydrogen) atoms. The topological polar surface area (TPSA) is 142 Å². The number of aliphatic hydroxyl groups excluding tert-OH is 1. The summed E-state index contributed by atoms with van der Waals surface area (Å²) < 4.78 is 0. The number of carbonyl (C=O) groups is 3. The van der Waals surface area contributed by atoms with Gasteiger partial charge < -0.3 is 26.6 Å². The number of nitrogens with one attached hydrogen (secondary N) is 2. The van der Waals surface area contributed by atoms with Crippen LogP contribution in [0.4, 0.5) is 0 Å². The summed E-state index contributed by atoms with van der Waals surface area (Å²) in [5.74, 6) is -2.70. The van der Waals surface area contributed by atoms with Crippen molar-refractivity contribution < 1.29 is 24.6 Å². The number of hydrogen-bond acceptors (Lipinski definition) is 7. The number of rotatable bonds is 8. The molecule has 0 saturated carbocycles. The standard InChI is InChI=1S/C9H17N3O5S2/c10-4(2-18)7(14)12-6(3-19)8(15)11-5(1-13)9(16)17/h4-6,13,18-19H,1-3,10H2,(H,11,15)(H,12,14)(H,16,17)/t4-,5-,6-/m0/s1. The number of carbonyl (C=O) groups excluding carboxylic acids is 2. The summed E-state index contributed by atoms with van der Waals surface area (Å²) in [6, 6.07) is -3.37. The van der Waals surface area contributed by atoms with Gasteiger partial charge in [-0.25, -0.2) is 4.79 Å². The predicted octanol–water partition coefficient (Wildman–Crippen LogP) is -2.78. The lowest BCUT2D eigenvalue weighted by Crippen LogP contribution is -2.56. The van der Waals surface area contributed by atoms with Crippen molar-refractivity contribution in [2.45, 2.75) is 18.1 Å². The molecule has 10 heteroatoms. The molecule has 0 heterocycles. The fourth-order valence-corrected chi connectivity index (χ4v) is 1.44. The van der Waals surface area contributed by atoms with E-state index in [0.29, 0.717) is 0 Å². The largest absolute Gasteiger partial charge is 0.480 e. The highest BCUT2D eigenvalue weighted by Gasteiger charge is 2.26. The number of thiol groups is 2. The Morgan fingerprint density at radius 3 is 1.95 bits per heavy atom. The van der Waals surface area contributed by atoms with Crippen molar-refractivity contribution >= 4 is 43.0 Å². The van der Waals surface area contributed by atoms with E-state index in [9.17, 15) is 14.4 Å². The third kappa shape index (κ3) is 6.14. The van der Waals surface area contributed by atoms with Crippen LogP contribution in [-0.4, -0.2) is 64.2 Å². The first kappa shape index (κ1) is 18.0. The summed E-state index contributed by atoms with van der Waals surface area (Å²) in [6.45, 7) is -0.759. The van der Waals surface area contributed by atoms with Crippen molar-refractivity contribution in [2.75, 3.05) is 18.1 Å². The molecule has 0 aliphatic rings. The molecule has 0 radical (unpaired) electrons. The summed E-state index contributed by atoms with van der Waals surface area (Å²) in [7, 11) is 0. The van der Waals surface area contributed by atoms with Crippen molar-refractivity contribution in [1.82, 2.24) is 10.6 Å². The summed E-state index contributed by atoms with van der Waals surface area (Å²) in [4.78, 5) is 33.8. The van der Waals surface area contributed by atoms with E-state index in [1.165, 1.54) is 0 Å². The second-order valence-electron chi connectivity index (χ2n) is 3.61. The molecular weight excluding hydrogens is 294 g/mol. The number of aliphatic carboxylic acids is 1. The number of carboxylic acid groups (broad SMARTS) is 1. The smallest absolute Gasteiger partial charge is 0.328 e. The third-order valence-electron chi connectivity index (χ3n) is 2.15. The van der Waals surface area contributed by atoms with Crippen molar-refractivity contribution in [3.05, 3.63) is 0 Å². The Morgan fingerprint density at radius 1 is 1.05 bits per heavy atom. The summed E-state index contributed by atoms with van der Waals surface area (Å²) in [6.07, 6.45) is 0. The molecule has 0 unspecified atom stereocenters. The Labute approximate surface area is 120 Å². The maximum Gasteiger partial charge on any atom is 0.328 e. The monoisotopic (exact) mass is 311 g/mol. The van der Waals surface area contributed by atoms with Crippen LogP contribution in [-0.2, 0) is 14.4 Å². The second kappa shape index (κ2) is 9.02. The van der Waals surface area contributed by atoms with Gasteiger partial charge in [0.25, 0.3) is 0 Å². The van der Waals surface area contributed by atoms with E-state index >= 15 is 0 Å². The average molecular weight is 311 g/mol. The highest BCUT2D eigenvalue weighted by molar-refractivity contribution is 7.80. The van der Waals surface area contributed by atoms with Crippen molar-refractivity contribution in [3.63, 3.8) is 0 Å². The van der Waals surface area contributed by atoms with Gasteiger partial charge >= 0.3 is 5.97 Å². The molecule has 8 nitrogen and oxygen atoms in total. The van der Waals surface area contributed by atoms with Crippen LogP contribution in [0.15, 0.2) is 0 Å². The van der Waals surface area contributed by atoms with E-state index in [1.54, 1.807) is 0 Å². The first-order valence-corrected chi connectivity index (χ1v) is 6.55. The van der Waals surface area contributed by atoms with E-state index in [2.05, 4.69) is 35.9 Å². The maximum absolute atomic E-state index is 11.7. The van der Waals surface area contributed by atoms with Gasteiger partial charge in [0.1, 0.15) is 12.1 Å². The zero-order valence-electron chi connectivity index (χ0n) is 9.94. The van der Waals surface area contributed by atoms with Gasteiger partial charge in [-0.15, -0.1) is 0 Å². The number of carboxylic acids is 1. The van der Waals surface area contributed by atoms with Crippen LogP contribution in [0.1, 0.15) is 0 Å². The lowest BCUT2D eigenvalue weighted by atomic mass is 10.2. The molecule has 0 rings (SSSR count). The van der Waals surface area contributed by atoms with Crippen LogP contribution in [0.3, 0.4) is 0 Å². The molecule has 0 aromatic carbocycles. The highest BCUT2D eigenvalue weighted by Crippen LogP contribution is 1.94. The Morgan fingerprint density at radius 2 is 1.58 bits per heavy atom. The number of hydrogen-bond donors (Lipinski definition) is 7. The molecule has 2 amide bonds. The van der Waals surface area contributed by atoms with Crippen LogP contribution in [0.2, 0.25) is 0 Å². The van der Waals surface area contributed by atoms with Gasteiger partial charge in [0.15, 0.2) is 0 Å². The minimum Gasteiger partial charge on any atom is -0.480 e. The first-order chi connectivity index (χ1) is 8.87. The Bertz CT molecular complexity index is 342. The SMILES string of the molecule is N[C@@H](CS)C(=O)N[C@@H](CS)C(=O)N[C@@H](CO)C(=O)O. The third-order valence-corrected chi connectivity index (χ3v) is 2.90. The summed E-state index contributed by atoms with van der Waals surface area (Å²) >= 11 is 7.72. The number of nitrogens with two attached hydrogens (primary N) is 1. The van der Waals surface area contributed by atoms with E-state index in [1.807, 2.05) is 0 Å². The molecule has 3 atom stereocenters. The first-order valence-electron chi connectivity index (χ1n) is 5.29. The summed E-state index contributed by atoms with van der Waals surface area (Å²) in [5.41, 5.74) is 5.42. The van der Waals surface area contributed by atoms with Gasteiger partial charge in [0, 0.05) is 11.5 Å². The fourth-order valence-electron chi connectivity index (χ4n) is 1.01. The Hall–Kier alpha value is -0.970. The van der Waals surface area contributed by atoms with E-state index in [-0.39, 0.29) is 11.5 Å². The van der Waals surface area contributed by atoms with Crippen LogP contribution in [0.25, 0.3) is 0 Å². The molecule has 0 aliphatic carbocycles. The average Bonchev–Trinajstić information content (AvgIpc) is 2.39. The van der Waals surface area contributed by atoms with Crippen molar-refractivity contribution in [2.24, 2.45) is 5.73 Å². The lowest BCUT2D eigenvalue weighted by Gasteiger charge is -2.20. The summed E-state index contributed by atoms with van der Waals surface area (Å²) in [5, 5.41) is 21.8. The van der Waals surface area contributed by atoms with Crippen molar-refractivity contribution in [3.8, 4) is 0 Å². The molecule has 6 N–H and O–H groups in total. The lowest BCUT2D eigenvalue weighted by molar-refractivity contribution is -0.143. The van der Waals surface area contributed by atoms with E-state index in [4.69, 9.17) is 15.9 Å². The van der Waals surface area contributed by atoms with Gasteiger partial charge in [0.2, 0.25) is 11.8 Å². The molecule has 0 aromatic heterocycles. The zero-order chi connectivity index (χ0) is 15.0. The number of aliphatic hydroxyl groups is 1. The van der Waals surface area contributed by atoms with E-state index < -0.39 is 42.5 Å². The Balaban J connectivity index is 4.56. The molecule has 0 fully saturated rings. The minimum atomic E-state index is -1.44. The second-order valence-corrected chi connectivity index (χ2v) is 4.35. The molecule has 0 saturated heterocycles. The quantitative estimate of drug-likeness (QED) is 0.242. The molecule has 0 aliphatic heterocycles. The van der Waals surface area contributed by atoms with Gasteiger partial charge in [-0.1, -0.05) is 0 Å². The van der Waals surface area contributed by atoms with Gasteiger partial charge in [-0.05, 0) is 0 Å². The fraction of sp³-hybridized carbons (Fsp3) is 0.667. The van der Waals surface area contributed by atoms with Gasteiger partial charge in [-0.3, -0.25) is 9.59 Å². The van der Waals surface area contributed by atoms with Crippen LogP contribution in [0.5, 0.6) is 0 Å². The molecule has 0 aromatic rings. The number of amides is 2. The molecule has 110 valence electrons. The van der Waals surface area contributed by atoms with Crippen LogP contribution < -0.4 is 16.4 Å². The zero-order valence-corrected chi connectivity index (χ0v) is 11.7. The normalized spacial score (nSPS) is 15.2. The van der Waals surface area contributed by atoms with E-state index in [0.717, 1.165) is 0 Å². The molecule has 0 bridgehead atoms. The maximum atomic E-state index is 11.7. The van der Waals surface area contributed by atoms with Crippen LogP contribution >= 0.6 is 25.3 Å². The van der Waals surface area contributed by atoms with Gasteiger partial charge in [-0.2, -0.15) is 25.3 Å². The van der Waals surface area contributed by atoms with Crippen molar-refractivity contribution in [1.29, 1.82) is 0 Å².